The summed E-state index contributed by atoms with van der Waals surface area (Å²) in [6, 6.07) is 2.40. The lowest BCUT2D eigenvalue weighted by Crippen LogP contribution is -2.41. The second-order valence-electron chi connectivity index (χ2n) is 4.52. The van der Waals surface area contributed by atoms with Gasteiger partial charge in [0, 0.05) is 11.4 Å². The third-order valence-electron chi connectivity index (χ3n) is 2.18. The molecule has 0 aliphatic rings. The Morgan fingerprint density at radius 3 is 2.65 bits per heavy atom. The Kier molecular flexibility index (Phi) is 6.44. The van der Waals surface area contributed by atoms with E-state index in [1.165, 1.54) is 0 Å². The van der Waals surface area contributed by atoms with Gasteiger partial charge in [-0.05, 0) is 24.1 Å². The molecule has 0 spiro atoms. The highest BCUT2D eigenvalue weighted by molar-refractivity contribution is 8.00. The zero-order valence-electron chi connectivity index (χ0n) is 11.2. The molecule has 0 radical (unpaired) electrons. The van der Waals surface area contributed by atoms with Crippen LogP contribution in [0.15, 0.2) is 23.1 Å². The topological polar surface area (TPSA) is 58.2 Å². The molecule has 4 nitrogen and oxygen atoms in total. The van der Waals surface area contributed by atoms with E-state index in [-0.39, 0.29) is 16.6 Å². The maximum atomic E-state index is 13.3. The predicted octanol–water partition coefficient (Wildman–Crippen LogP) is 2.54. The van der Waals surface area contributed by atoms with Crippen molar-refractivity contribution >= 4 is 23.7 Å². The van der Waals surface area contributed by atoms with Crippen LogP contribution in [0.3, 0.4) is 0 Å². The highest BCUT2D eigenvalue weighted by atomic mass is 32.2. The maximum absolute atomic E-state index is 13.3. The molecule has 1 aromatic rings. The third-order valence-corrected chi connectivity index (χ3v) is 3.21. The molecule has 0 atom stereocenters. The van der Waals surface area contributed by atoms with Crippen LogP contribution in [-0.4, -0.2) is 24.2 Å². The number of thioether (sulfide) groups is 1. The molecule has 0 saturated carbocycles. The lowest BCUT2D eigenvalue weighted by atomic mass is 10.2. The molecule has 20 heavy (non-hydrogen) atoms. The number of imide groups is 1. The van der Waals surface area contributed by atoms with Gasteiger partial charge in [-0.1, -0.05) is 13.8 Å². The largest absolute Gasteiger partial charge is 0.338 e. The van der Waals surface area contributed by atoms with E-state index in [1.807, 2.05) is 13.8 Å². The summed E-state index contributed by atoms with van der Waals surface area (Å²) in [7, 11) is 0. The van der Waals surface area contributed by atoms with Gasteiger partial charge in [-0.15, -0.1) is 11.8 Å². The van der Waals surface area contributed by atoms with E-state index in [2.05, 4.69) is 10.6 Å². The highest BCUT2D eigenvalue weighted by Gasteiger charge is 2.11. The summed E-state index contributed by atoms with van der Waals surface area (Å²) in [5.74, 6) is -1.65. The first-order valence-electron chi connectivity index (χ1n) is 6.04. The molecule has 0 aromatic heterocycles. The molecule has 7 heteroatoms. The van der Waals surface area contributed by atoms with E-state index in [0.717, 1.165) is 30.0 Å². The Morgan fingerprint density at radius 1 is 1.30 bits per heavy atom. The Balaban J connectivity index is 2.39. The van der Waals surface area contributed by atoms with Gasteiger partial charge in [0.1, 0.15) is 11.6 Å². The number of nitrogens with one attached hydrogen (secondary N) is 2. The molecule has 0 bridgehead atoms. The minimum absolute atomic E-state index is 0.0303. The third kappa shape index (κ3) is 6.01. The van der Waals surface area contributed by atoms with Gasteiger partial charge in [-0.2, -0.15) is 0 Å². The molecule has 0 fully saturated rings. The molecule has 3 amide bonds. The van der Waals surface area contributed by atoms with Gasteiger partial charge in [0.25, 0.3) is 0 Å². The minimum Gasteiger partial charge on any atom is -0.338 e. The van der Waals surface area contributed by atoms with Crippen molar-refractivity contribution in [3.63, 3.8) is 0 Å². The SMILES string of the molecule is CC(C)CNC(=O)NC(=O)CSc1cc(F)ccc1F. The number of urea groups is 1. The van der Waals surface area contributed by atoms with Gasteiger partial charge in [0.15, 0.2) is 0 Å². The van der Waals surface area contributed by atoms with Crippen LogP contribution in [0.25, 0.3) is 0 Å². The van der Waals surface area contributed by atoms with Crippen LogP contribution in [0.4, 0.5) is 13.6 Å². The average Bonchev–Trinajstić information content (AvgIpc) is 2.37. The van der Waals surface area contributed by atoms with E-state index in [9.17, 15) is 18.4 Å². The number of hydrogen-bond acceptors (Lipinski definition) is 3. The molecule has 2 N–H and O–H groups in total. The van der Waals surface area contributed by atoms with Crippen LogP contribution in [0.1, 0.15) is 13.8 Å². The standard InChI is InChI=1S/C13H16F2N2O2S/c1-8(2)6-16-13(19)17-12(18)7-20-11-5-9(14)3-4-10(11)15/h3-5,8H,6-7H2,1-2H3,(H2,16,17,18,19). The van der Waals surface area contributed by atoms with Crippen molar-refractivity contribution in [3.8, 4) is 0 Å². The lowest BCUT2D eigenvalue weighted by Gasteiger charge is -2.08. The highest BCUT2D eigenvalue weighted by Crippen LogP contribution is 2.22. The lowest BCUT2D eigenvalue weighted by molar-refractivity contribution is -0.117. The van der Waals surface area contributed by atoms with E-state index < -0.39 is 23.6 Å². The van der Waals surface area contributed by atoms with Crippen LogP contribution in [0.2, 0.25) is 0 Å². The molecule has 0 saturated heterocycles. The van der Waals surface area contributed by atoms with Crippen LogP contribution in [0, 0.1) is 17.6 Å². The predicted molar refractivity (Wildman–Crippen MR) is 73.5 cm³/mol. The van der Waals surface area contributed by atoms with Crippen LogP contribution < -0.4 is 10.6 Å². The average molecular weight is 302 g/mol. The second kappa shape index (κ2) is 7.84. The van der Waals surface area contributed by atoms with Gasteiger partial charge in [-0.3, -0.25) is 10.1 Å². The Bertz CT molecular complexity index is 495. The molecule has 0 unspecified atom stereocenters. The first-order chi connectivity index (χ1) is 9.38. The summed E-state index contributed by atoms with van der Waals surface area (Å²) in [6.45, 7) is 4.29. The Hall–Kier alpha value is -1.63. The molecule has 1 rings (SSSR count). The molecule has 110 valence electrons. The fourth-order valence-electron chi connectivity index (χ4n) is 1.23. The number of rotatable bonds is 5. The number of carbonyl (C=O) groups is 2. The number of carbonyl (C=O) groups excluding carboxylic acids is 2. The van der Waals surface area contributed by atoms with E-state index in [1.54, 1.807) is 0 Å². The number of hydrogen-bond donors (Lipinski definition) is 2. The Labute approximate surface area is 120 Å². The molecular formula is C13H16F2N2O2S. The first kappa shape index (κ1) is 16.4. The second-order valence-corrected chi connectivity index (χ2v) is 5.53. The molecule has 0 heterocycles. The van der Waals surface area contributed by atoms with E-state index >= 15 is 0 Å². The van der Waals surface area contributed by atoms with Gasteiger partial charge in [0.05, 0.1) is 5.75 Å². The van der Waals surface area contributed by atoms with Gasteiger partial charge >= 0.3 is 6.03 Å². The molecule has 0 aliphatic heterocycles. The van der Waals surface area contributed by atoms with Crippen molar-refractivity contribution in [1.82, 2.24) is 10.6 Å². The van der Waals surface area contributed by atoms with Crippen molar-refractivity contribution in [2.75, 3.05) is 12.3 Å². The van der Waals surface area contributed by atoms with Gasteiger partial charge < -0.3 is 5.32 Å². The molecular weight excluding hydrogens is 286 g/mol. The monoisotopic (exact) mass is 302 g/mol. The summed E-state index contributed by atoms with van der Waals surface area (Å²) in [4.78, 5) is 22.8. The summed E-state index contributed by atoms with van der Waals surface area (Å²) in [5, 5.41) is 4.63. The quantitative estimate of drug-likeness (QED) is 0.822. The maximum Gasteiger partial charge on any atom is 0.321 e. The molecule has 1 aromatic carbocycles. The van der Waals surface area contributed by atoms with Gasteiger partial charge in [0.2, 0.25) is 5.91 Å². The number of halogens is 2. The normalized spacial score (nSPS) is 10.4. The minimum atomic E-state index is -0.603. The van der Waals surface area contributed by atoms with Crippen LogP contribution in [0.5, 0.6) is 0 Å². The van der Waals surface area contributed by atoms with Crippen LogP contribution >= 0.6 is 11.8 Å². The van der Waals surface area contributed by atoms with Crippen molar-refractivity contribution < 1.29 is 18.4 Å². The summed E-state index contributed by atoms with van der Waals surface area (Å²) >= 11 is 0.829. The van der Waals surface area contributed by atoms with E-state index in [0.29, 0.717) is 6.54 Å². The van der Waals surface area contributed by atoms with Crippen molar-refractivity contribution in [1.29, 1.82) is 0 Å². The summed E-state index contributed by atoms with van der Waals surface area (Å²) in [5.41, 5.74) is 0. The van der Waals surface area contributed by atoms with Crippen LogP contribution in [-0.2, 0) is 4.79 Å². The van der Waals surface area contributed by atoms with Gasteiger partial charge in [-0.25, -0.2) is 13.6 Å². The Morgan fingerprint density at radius 2 is 2.00 bits per heavy atom. The van der Waals surface area contributed by atoms with Crippen molar-refractivity contribution in [2.24, 2.45) is 5.92 Å². The zero-order valence-corrected chi connectivity index (χ0v) is 12.0. The van der Waals surface area contributed by atoms with Crippen molar-refractivity contribution in [2.45, 2.75) is 18.7 Å². The zero-order chi connectivity index (χ0) is 15.1. The first-order valence-corrected chi connectivity index (χ1v) is 7.02. The molecule has 0 aliphatic carbocycles. The summed E-state index contributed by atoms with van der Waals surface area (Å²) < 4.78 is 26.2. The van der Waals surface area contributed by atoms with Crippen molar-refractivity contribution in [3.05, 3.63) is 29.8 Å². The van der Waals surface area contributed by atoms with E-state index in [4.69, 9.17) is 0 Å². The fourth-order valence-corrected chi connectivity index (χ4v) is 2.00. The summed E-state index contributed by atoms with van der Waals surface area (Å²) in [6.07, 6.45) is 0. The number of amides is 3. The fraction of sp³-hybridized carbons (Fsp3) is 0.385. The number of benzene rings is 1. The smallest absolute Gasteiger partial charge is 0.321 e.